The van der Waals surface area contributed by atoms with Gasteiger partial charge in [0.05, 0.1) is 0 Å². The number of rotatable bonds is 0. The molecule has 0 aromatic carbocycles. The fourth-order valence-corrected chi connectivity index (χ4v) is 0. The van der Waals surface area contributed by atoms with Crippen LogP contribution >= 0.6 is 0 Å². The molecule has 0 nitrogen and oxygen atoms in total. The molecule has 26 valence electrons. The van der Waals surface area contributed by atoms with Gasteiger partial charge in [0, 0.05) is 17.1 Å². The van der Waals surface area contributed by atoms with Gasteiger partial charge in [-0.3, -0.25) is 0 Å². The van der Waals surface area contributed by atoms with E-state index < -0.39 is 0 Å². The van der Waals surface area contributed by atoms with Crippen LogP contribution in [0.15, 0.2) is 0 Å². The number of hydrogen-bond donors (Lipinski definition) is 0. The van der Waals surface area contributed by atoms with Gasteiger partial charge in [-0.25, -0.2) is 0 Å². The normalized spacial score (nSPS) is 1.75. The van der Waals surface area contributed by atoms with E-state index in [-0.39, 0.29) is 41.0 Å². The van der Waals surface area contributed by atoms with Gasteiger partial charge < -0.3 is 0 Å². The molecular weight excluding hydrogens is 327 g/mol. The molecule has 0 bridgehead atoms. The van der Waals surface area contributed by atoms with Crippen molar-refractivity contribution in [2.75, 3.05) is 0 Å². The van der Waals surface area contributed by atoms with Crippen LogP contribution in [0, 0.1) is 0 Å². The van der Waals surface area contributed by atoms with Gasteiger partial charge >= 0.3 is 53.9 Å². The van der Waals surface area contributed by atoms with Gasteiger partial charge in [-0.15, -0.1) is 0 Å². The zero-order chi connectivity index (χ0) is 2.00. The summed E-state index contributed by atoms with van der Waals surface area (Å²) < 4.78 is 0. The van der Waals surface area contributed by atoms with Gasteiger partial charge in [-0.05, 0) is 0 Å². The molecule has 0 aromatic rings. The second-order valence-electron chi connectivity index (χ2n) is 0. The minimum absolute atomic E-state index is 0. The third-order valence-corrected chi connectivity index (χ3v) is 0. The first-order valence-electron chi connectivity index (χ1n) is 0.316. The molecule has 0 fully saturated rings. The molecule has 3 radical (unpaired) electrons. The maximum absolute atomic E-state index is 2.44. The van der Waals surface area contributed by atoms with Crippen molar-refractivity contribution in [2.24, 2.45) is 0 Å². The monoisotopic (exact) mass is 330 g/mol. The summed E-state index contributed by atoms with van der Waals surface area (Å²) in [4.78, 5) is 0. The standard InChI is InChI=1S/Cu.H2Se.Sn.Zn.2H/h;1H2;;;;/q;;;+1;;/p-1. The van der Waals surface area contributed by atoms with E-state index in [1.165, 1.54) is 16.3 Å². The predicted octanol–water partition coefficient (Wildman–Crippen LogP) is -1.57. The zero-order valence-electron chi connectivity index (χ0n) is 2.16. The van der Waals surface area contributed by atoms with E-state index in [0.29, 0.717) is 0 Å². The minimum atomic E-state index is 0. The van der Waals surface area contributed by atoms with Gasteiger partial charge in [0.2, 0.25) is 0 Å². The first-order valence-corrected chi connectivity index (χ1v) is 8.54. The van der Waals surface area contributed by atoms with E-state index in [0.717, 1.165) is 0 Å². The first-order chi connectivity index (χ1) is 1.00. The fraction of sp³-hybridized carbons (Fsp3) is 0. The van der Waals surface area contributed by atoms with Gasteiger partial charge in [0.25, 0.3) is 0 Å². The van der Waals surface area contributed by atoms with Gasteiger partial charge in [-0.2, -0.15) is 0 Å². The van der Waals surface area contributed by atoms with Crippen LogP contribution in [0.3, 0.4) is 0 Å². The summed E-state index contributed by atoms with van der Waals surface area (Å²) >= 11 is 3.75. The van der Waals surface area contributed by atoms with Crippen molar-refractivity contribution in [3.63, 3.8) is 0 Å². The molecule has 0 atom stereocenters. The second-order valence-corrected chi connectivity index (χ2v) is 0. The van der Waals surface area contributed by atoms with Crippen LogP contribution in [0.2, 0.25) is 0 Å². The summed E-state index contributed by atoms with van der Waals surface area (Å²) in [5.74, 6) is 0. The molecule has 0 aliphatic heterocycles. The molecule has 4 heteroatoms. The quantitative estimate of drug-likeness (QED) is 0.471. The fourth-order valence-electron chi connectivity index (χ4n) is 0. The Balaban J connectivity index is -0.00000000500. The summed E-state index contributed by atoms with van der Waals surface area (Å²) in [6.07, 6.45) is 0. The van der Waals surface area contributed by atoms with Crippen LogP contribution < -0.4 is 0 Å². The average molecular weight is 330 g/mol. The van der Waals surface area contributed by atoms with Crippen LogP contribution in [-0.4, -0.2) is 37.6 Å². The molecule has 0 amide bonds. The SMILES string of the molecule is [Cu].[SnH2].[Zn][SeH]. The average Bonchev–Trinajstić information content (AvgIpc) is 1.00. The molecule has 0 aromatic heterocycles. The predicted molar refractivity (Wildman–Crippen MR) is 15.7 cm³/mol. The van der Waals surface area contributed by atoms with Crippen LogP contribution in [0.25, 0.3) is 0 Å². The van der Waals surface area contributed by atoms with E-state index >= 15 is 0 Å². The van der Waals surface area contributed by atoms with Crippen molar-refractivity contribution in [2.45, 2.75) is 0 Å². The molecule has 4 heavy (non-hydrogen) atoms. The van der Waals surface area contributed by atoms with Crippen molar-refractivity contribution < 1.29 is 33.4 Å². The summed E-state index contributed by atoms with van der Waals surface area (Å²) in [7, 11) is 0. The molecule has 0 spiro atoms. The molecular formula is H3CuSeSnZn. The van der Waals surface area contributed by atoms with Crippen LogP contribution in [-0.2, 0) is 33.4 Å². The molecule has 0 saturated heterocycles. The van der Waals surface area contributed by atoms with Crippen molar-refractivity contribution in [1.82, 2.24) is 0 Å². The van der Waals surface area contributed by atoms with Crippen LogP contribution in [0.5, 0.6) is 0 Å². The van der Waals surface area contributed by atoms with E-state index in [9.17, 15) is 0 Å². The Kier molecular flexibility index (Phi) is 72.2. The molecule has 0 aliphatic carbocycles. The van der Waals surface area contributed by atoms with E-state index in [2.05, 4.69) is 13.7 Å². The van der Waals surface area contributed by atoms with Crippen molar-refractivity contribution >= 4 is 37.6 Å². The third kappa shape index (κ3) is 8.82. The van der Waals surface area contributed by atoms with Crippen molar-refractivity contribution in [1.29, 1.82) is 0 Å². The Morgan fingerprint density at radius 1 is 1.25 bits per heavy atom. The summed E-state index contributed by atoms with van der Waals surface area (Å²) in [6.45, 7) is 0. The molecule has 0 N–H and O–H groups in total. The van der Waals surface area contributed by atoms with Crippen LogP contribution in [0.1, 0.15) is 0 Å². The Morgan fingerprint density at radius 2 is 1.25 bits per heavy atom. The van der Waals surface area contributed by atoms with Gasteiger partial charge in [-0.1, -0.05) is 0 Å². The molecule has 0 heterocycles. The number of hydrogen-bond acceptors (Lipinski definition) is 0. The molecule has 0 rings (SSSR count). The Labute approximate surface area is 70.0 Å². The molecule has 0 aliphatic rings. The molecule has 0 unspecified atom stereocenters. The van der Waals surface area contributed by atoms with E-state index in [4.69, 9.17) is 0 Å². The Bertz CT molecular complexity index is 8.00. The Hall–Kier alpha value is 2.46. The third-order valence-electron chi connectivity index (χ3n) is 0. The van der Waals surface area contributed by atoms with Crippen molar-refractivity contribution in [3.05, 3.63) is 0 Å². The Morgan fingerprint density at radius 3 is 1.25 bits per heavy atom. The summed E-state index contributed by atoms with van der Waals surface area (Å²) in [6, 6.07) is 0. The molecule has 0 saturated carbocycles. The second kappa shape index (κ2) is 17.9. The van der Waals surface area contributed by atoms with Crippen molar-refractivity contribution in [3.8, 4) is 0 Å². The van der Waals surface area contributed by atoms with Gasteiger partial charge in [0.1, 0.15) is 0 Å². The van der Waals surface area contributed by atoms with Gasteiger partial charge in [0.15, 0.2) is 0 Å². The van der Waals surface area contributed by atoms with E-state index in [1.54, 1.807) is 0 Å². The topological polar surface area (TPSA) is 0 Å². The van der Waals surface area contributed by atoms with Crippen LogP contribution in [0.4, 0.5) is 0 Å². The maximum atomic E-state index is 2.44. The summed E-state index contributed by atoms with van der Waals surface area (Å²) in [5.41, 5.74) is 0. The first kappa shape index (κ1) is 16.1. The van der Waals surface area contributed by atoms with E-state index in [1.807, 2.05) is 0 Å². The zero-order valence-corrected chi connectivity index (χ0v) is 12.0. The summed E-state index contributed by atoms with van der Waals surface area (Å²) in [5, 5.41) is 0.